The van der Waals surface area contributed by atoms with Crippen LogP contribution in [0.5, 0.6) is 23.0 Å². The van der Waals surface area contributed by atoms with Crippen molar-refractivity contribution in [2.45, 2.75) is 64.7 Å². The molecule has 0 amide bonds. The number of hydrogen-bond donors (Lipinski definition) is 0. The lowest BCUT2D eigenvalue weighted by Gasteiger charge is -2.50. The van der Waals surface area contributed by atoms with Crippen molar-refractivity contribution < 1.29 is 28.4 Å². The molecule has 0 unspecified atom stereocenters. The zero-order valence-corrected chi connectivity index (χ0v) is 39.1. The van der Waals surface area contributed by atoms with Gasteiger partial charge in [-0.25, -0.2) is 9.97 Å². The van der Waals surface area contributed by atoms with E-state index in [1.807, 2.05) is 12.1 Å². The highest BCUT2D eigenvalue weighted by atomic mass is 16.5. The highest BCUT2D eigenvalue weighted by molar-refractivity contribution is 5.61. The summed E-state index contributed by atoms with van der Waals surface area (Å²) in [5.41, 5.74) is 4.65. The Hall–Kier alpha value is -5.28. The Kier molecular flexibility index (Phi) is 16.2. The molecule has 0 aliphatic carbocycles. The van der Waals surface area contributed by atoms with Gasteiger partial charge in [0.15, 0.2) is 23.0 Å². The van der Waals surface area contributed by atoms with Gasteiger partial charge in [-0.15, -0.1) is 0 Å². The number of ether oxygens (including phenoxy) is 6. The molecule has 14 heteroatoms. The molecule has 0 spiro atoms. The van der Waals surface area contributed by atoms with Gasteiger partial charge >= 0.3 is 0 Å². The van der Waals surface area contributed by atoms with Crippen LogP contribution in [0.15, 0.2) is 85.7 Å². The highest BCUT2D eigenvalue weighted by Gasteiger charge is 2.36. The standard InChI is InChI=1S/C51H70N8O6/c1-6-27-64-48-32-40(7-11-46(48)60-4)36-54-19-15-42(16-20-54)58(44-9-13-50(52-34-44)56-23-28-62-29-24-56)59(45-10-14-51(53-35-45)57-25-30-63-31-26-57)43-17-21-55(22-18-43)37-41-8-12-47(61-5)49(33-41)65-38-39(2)3/h6-14,32-35,39,42-43H,1,15-31,36-38H2,2-5H3. The Labute approximate surface area is 386 Å². The number of pyridine rings is 2. The van der Waals surface area contributed by atoms with Crippen LogP contribution >= 0.6 is 0 Å². The van der Waals surface area contributed by atoms with Crippen LogP contribution in [0.3, 0.4) is 0 Å². The molecule has 4 fully saturated rings. The van der Waals surface area contributed by atoms with Gasteiger partial charge < -0.3 is 38.2 Å². The number of aromatic nitrogens is 2. The predicted octanol–water partition coefficient (Wildman–Crippen LogP) is 7.32. The molecule has 2 aromatic carbocycles. The first-order chi connectivity index (χ1) is 31.9. The van der Waals surface area contributed by atoms with Crippen molar-refractivity contribution in [1.29, 1.82) is 0 Å². The Morgan fingerprint density at radius 2 is 1.06 bits per heavy atom. The molecule has 0 bridgehead atoms. The van der Waals surface area contributed by atoms with Crippen LogP contribution < -0.4 is 38.8 Å². The maximum Gasteiger partial charge on any atom is 0.161 e. The van der Waals surface area contributed by atoms with E-state index in [1.54, 1.807) is 20.3 Å². The Balaban J connectivity index is 1.06. The summed E-state index contributed by atoms with van der Waals surface area (Å²) in [4.78, 5) is 20.1. The summed E-state index contributed by atoms with van der Waals surface area (Å²) < 4.78 is 34.8. The number of hydrogen-bond acceptors (Lipinski definition) is 14. The maximum atomic E-state index is 6.19. The van der Waals surface area contributed by atoms with Crippen molar-refractivity contribution in [3.05, 3.63) is 96.8 Å². The average Bonchev–Trinajstić information content (AvgIpc) is 3.36. The SMILES string of the molecule is C=CCOc1cc(CN2CCC(N(c3ccc(N4CCOCC4)nc3)N(c3ccc(N4CCOCC4)nc3)C3CCN(Cc4ccc(OC)c(OCC(C)C)c4)CC3)CC2)ccc1OC. The number of methoxy groups -OCH3 is 2. The maximum absolute atomic E-state index is 6.19. The van der Waals surface area contributed by atoms with Gasteiger partial charge in [0.05, 0.1) is 83.1 Å². The fourth-order valence-corrected chi connectivity index (χ4v) is 9.44. The van der Waals surface area contributed by atoms with Gasteiger partial charge in [0.2, 0.25) is 0 Å². The van der Waals surface area contributed by atoms with E-state index in [4.69, 9.17) is 38.4 Å². The van der Waals surface area contributed by atoms with Crippen molar-refractivity contribution in [2.24, 2.45) is 5.92 Å². The molecule has 6 heterocycles. The van der Waals surface area contributed by atoms with Crippen LogP contribution in [0.25, 0.3) is 0 Å². The number of rotatable bonds is 19. The molecular weight excluding hydrogens is 821 g/mol. The summed E-state index contributed by atoms with van der Waals surface area (Å²) in [6, 6.07) is 22.1. The van der Waals surface area contributed by atoms with Crippen molar-refractivity contribution in [3.63, 3.8) is 0 Å². The summed E-state index contributed by atoms with van der Waals surface area (Å²) in [5, 5.41) is 5.19. The zero-order chi connectivity index (χ0) is 45.0. The van der Waals surface area contributed by atoms with E-state index in [9.17, 15) is 0 Å². The van der Waals surface area contributed by atoms with Gasteiger partial charge in [-0.3, -0.25) is 19.8 Å². The Morgan fingerprint density at radius 3 is 1.45 bits per heavy atom. The Morgan fingerprint density at radius 1 is 0.615 bits per heavy atom. The van der Waals surface area contributed by atoms with Crippen LogP contribution in [0, 0.1) is 5.92 Å². The minimum atomic E-state index is 0.241. The minimum absolute atomic E-state index is 0.241. The number of likely N-dealkylation sites (tertiary alicyclic amines) is 2. The van der Waals surface area contributed by atoms with E-state index < -0.39 is 0 Å². The van der Waals surface area contributed by atoms with Crippen LogP contribution in [-0.4, -0.2) is 138 Å². The van der Waals surface area contributed by atoms with Crippen LogP contribution in [0.2, 0.25) is 0 Å². The van der Waals surface area contributed by atoms with Gasteiger partial charge in [-0.1, -0.05) is 38.6 Å². The molecule has 350 valence electrons. The molecule has 0 saturated carbocycles. The molecule has 4 aliphatic rings. The molecular formula is C51H70N8O6. The number of benzene rings is 2. The van der Waals surface area contributed by atoms with E-state index in [0.717, 1.165) is 164 Å². The molecule has 0 radical (unpaired) electrons. The average molecular weight is 891 g/mol. The summed E-state index contributed by atoms with van der Waals surface area (Å²) in [7, 11) is 3.39. The second-order valence-corrected chi connectivity index (χ2v) is 17.9. The number of anilines is 4. The van der Waals surface area contributed by atoms with E-state index >= 15 is 0 Å². The molecule has 4 aliphatic heterocycles. The molecule has 8 rings (SSSR count). The first-order valence-corrected chi connectivity index (χ1v) is 23.7. The molecule has 4 saturated heterocycles. The Bertz CT molecular complexity index is 2080. The topological polar surface area (TPSA) is 101 Å². The molecule has 2 aromatic heterocycles. The second kappa shape index (κ2) is 22.8. The fraction of sp³-hybridized carbons (Fsp3) is 0.529. The number of nitrogens with zero attached hydrogens (tertiary/aromatic N) is 8. The highest BCUT2D eigenvalue weighted by Crippen LogP contribution is 2.36. The summed E-state index contributed by atoms with van der Waals surface area (Å²) in [6.07, 6.45) is 9.95. The summed E-state index contributed by atoms with van der Waals surface area (Å²) >= 11 is 0. The van der Waals surface area contributed by atoms with E-state index in [-0.39, 0.29) is 12.1 Å². The number of hydrazine groups is 1. The lowest BCUT2D eigenvalue weighted by atomic mass is 10.00. The summed E-state index contributed by atoms with van der Waals surface area (Å²) in [6.45, 7) is 21.1. The third-order valence-corrected chi connectivity index (χ3v) is 12.9. The molecule has 14 nitrogen and oxygen atoms in total. The first kappa shape index (κ1) is 46.3. The smallest absolute Gasteiger partial charge is 0.161 e. The van der Waals surface area contributed by atoms with Crippen molar-refractivity contribution >= 4 is 23.0 Å². The number of piperidine rings is 2. The lowest BCUT2D eigenvalue weighted by molar-refractivity contribution is 0.122. The molecule has 65 heavy (non-hydrogen) atoms. The van der Waals surface area contributed by atoms with Gasteiger partial charge in [0, 0.05) is 65.4 Å². The second-order valence-electron chi connectivity index (χ2n) is 17.9. The summed E-state index contributed by atoms with van der Waals surface area (Å²) in [5.74, 6) is 5.49. The quantitative estimate of drug-likeness (QED) is 0.0695. The number of morpholine rings is 2. The van der Waals surface area contributed by atoms with Crippen LogP contribution in [0.1, 0.15) is 50.7 Å². The normalized spacial score (nSPS) is 18.1. The minimum Gasteiger partial charge on any atom is -0.493 e. The molecule has 0 N–H and O–H groups in total. The third kappa shape index (κ3) is 12.0. The fourth-order valence-electron chi connectivity index (χ4n) is 9.44. The predicted molar refractivity (Wildman–Crippen MR) is 258 cm³/mol. The van der Waals surface area contributed by atoms with Crippen molar-refractivity contribution in [2.75, 3.05) is 126 Å². The largest absolute Gasteiger partial charge is 0.493 e. The van der Waals surface area contributed by atoms with Crippen LogP contribution in [-0.2, 0) is 22.6 Å². The van der Waals surface area contributed by atoms with Gasteiger partial charge in [0.25, 0.3) is 0 Å². The van der Waals surface area contributed by atoms with E-state index in [1.165, 1.54) is 11.1 Å². The van der Waals surface area contributed by atoms with E-state index in [2.05, 4.69) is 111 Å². The third-order valence-electron chi connectivity index (χ3n) is 12.9. The first-order valence-electron chi connectivity index (χ1n) is 23.7. The molecule has 0 atom stereocenters. The van der Waals surface area contributed by atoms with Crippen LogP contribution in [0.4, 0.5) is 23.0 Å². The zero-order valence-electron chi connectivity index (χ0n) is 39.1. The van der Waals surface area contributed by atoms with Gasteiger partial charge in [0.1, 0.15) is 18.2 Å². The van der Waals surface area contributed by atoms with Gasteiger partial charge in [-0.05, 0) is 91.3 Å². The van der Waals surface area contributed by atoms with E-state index in [0.29, 0.717) is 19.1 Å². The monoisotopic (exact) mass is 891 g/mol. The lowest BCUT2D eigenvalue weighted by Crippen LogP contribution is -2.59. The van der Waals surface area contributed by atoms with Gasteiger partial charge in [-0.2, -0.15) is 0 Å². The molecule has 4 aromatic rings. The van der Waals surface area contributed by atoms with Crippen molar-refractivity contribution in [3.8, 4) is 23.0 Å². The van der Waals surface area contributed by atoms with Crippen molar-refractivity contribution in [1.82, 2.24) is 19.8 Å².